The lowest BCUT2D eigenvalue weighted by molar-refractivity contribution is -0.132. The highest BCUT2D eigenvalue weighted by atomic mass is 32.1. The van der Waals surface area contributed by atoms with Crippen LogP contribution in [0, 0.1) is 0 Å². The molecule has 1 unspecified atom stereocenters. The molecule has 0 bridgehead atoms. The normalized spacial score (nSPS) is 21.6. The van der Waals surface area contributed by atoms with Crippen LogP contribution in [-0.4, -0.2) is 47.8 Å². The van der Waals surface area contributed by atoms with Crippen LogP contribution >= 0.6 is 11.3 Å². The maximum atomic E-state index is 12.3. The number of likely N-dealkylation sites (tertiary alicyclic amines) is 1. The van der Waals surface area contributed by atoms with Gasteiger partial charge >= 0.3 is 0 Å². The molecule has 1 aromatic heterocycles. The van der Waals surface area contributed by atoms with E-state index < -0.39 is 0 Å². The zero-order valence-electron chi connectivity index (χ0n) is 13.6. The van der Waals surface area contributed by atoms with Crippen LogP contribution in [0.5, 0.6) is 0 Å². The largest absolute Gasteiger partial charge is 0.351 e. The topological polar surface area (TPSA) is 78.5 Å². The number of carbonyl (C=O) groups is 3. The molecule has 0 spiro atoms. The minimum absolute atomic E-state index is 0.0543. The second-order valence-electron chi connectivity index (χ2n) is 6.40. The molecule has 3 heterocycles. The maximum absolute atomic E-state index is 12.3. The number of piperidine rings is 1. The van der Waals surface area contributed by atoms with E-state index in [4.69, 9.17) is 0 Å². The van der Waals surface area contributed by atoms with Crippen molar-refractivity contribution in [1.29, 1.82) is 0 Å². The summed E-state index contributed by atoms with van der Waals surface area (Å²) in [7, 11) is 0. The molecule has 0 aromatic carbocycles. The summed E-state index contributed by atoms with van der Waals surface area (Å²) in [5.74, 6) is 0.0425. The Hall–Kier alpha value is -1.89. The zero-order chi connectivity index (χ0) is 16.9. The zero-order valence-corrected chi connectivity index (χ0v) is 14.4. The van der Waals surface area contributed by atoms with Gasteiger partial charge in [-0.1, -0.05) is 6.07 Å². The van der Waals surface area contributed by atoms with E-state index >= 15 is 0 Å². The maximum Gasteiger partial charge on any atom is 0.242 e. The number of amides is 3. The Morgan fingerprint density at radius 2 is 2.08 bits per heavy atom. The number of rotatable bonds is 5. The molecule has 0 aliphatic carbocycles. The van der Waals surface area contributed by atoms with Crippen molar-refractivity contribution in [3.63, 3.8) is 0 Å². The van der Waals surface area contributed by atoms with Crippen LogP contribution in [0.1, 0.15) is 37.0 Å². The monoisotopic (exact) mass is 349 g/mol. The molecule has 24 heavy (non-hydrogen) atoms. The molecule has 6 nitrogen and oxygen atoms in total. The molecule has 3 amide bonds. The van der Waals surface area contributed by atoms with E-state index in [-0.39, 0.29) is 29.8 Å². The fourth-order valence-corrected chi connectivity index (χ4v) is 3.94. The lowest BCUT2D eigenvalue weighted by atomic mass is 10.0. The third-order valence-electron chi connectivity index (χ3n) is 4.67. The Morgan fingerprint density at radius 1 is 1.29 bits per heavy atom. The van der Waals surface area contributed by atoms with E-state index in [1.165, 1.54) is 4.88 Å². The van der Waals surface area contributed by atoms with Gasteiger partial charge in [0.05, 0.1) is 0 Å². The summed E-state index contributed by atoms with van der Waals surface area (Å²) in [5.41, 5.74) is 0. The van der Waals surface area contributed by atoms with Crippen LogP contribution in [-0.2, 0) is 20.8 Å². The molecule has 2 aliphatic rings. The standard InChI is InChI=1S/C17H23N3O3S/c21-15-5-4-14(19-15)17(23)18-12-7-9-20(10-8-12)16(22)6-3-13-2-1-11-24-13/h1-2,11-12,14H,3-10H2,(H,18,23)(H,19,21). The third kappa shape index (κ3) is 4.35. The summed E-state index contributed by atoms with van der Waals surface area (Å²) in [6.07, 6.45) is 3.90. The van der Waals surface area contributed by atoms with Gasteiger partial charge in [-0.3, -0.25) is 14.4 Å². The van der Waals surface area contributed by atoms with Crippen molar-refractivity contribution < 1.29 is 14.4 Å². The fourth-order valence-electron chi connectivity index (χ4n) is 3.23. The number of carbonyl (C=O) groups excluding carboxylic acids is 3. The molecule has 2 N–H and O–H groups in total. The van der Waals surface area contributed by atoms with Crippen molar-refractivity contribution in [3.05, 3.63) is 22.4 Å². The molecule has 0 saturated carbocycles. The van der Waals surface area contributed by atoms with Gasteiger partial charge in [-0.25, -0.2) is 0 Å². The average molecular weight is 349 g/mol. The third-order valence-corrected chi connectivity index (χ3v) is 5.61. The first-order valence-corrected chi connectivity index (χ1v) is 9.39. The van der Waals surface area contributed by atoms with Crippen LogP contribution in [0.15, 0.2) is 17.5 Å². The van der Waals surface area contributed by atoms with Crippen molar-refractivity contribution in [2.45, 2.75) is 50.6 Å². The number of nitrogens with zero attached hydrogens (tertiary/aromatic N) is 1. The summed E-state index contributed by atoms with van der Waals surface area (Å²) in [6, 6.07) is 3.77. The molecule has 2 aliphatic heterocycles. The molecular formula is C17H23N3O3S. The average Bonchev–Trinajstić information content (AvgIpc) is 3.25. The van der Waals surface area contributed by atoms with Crippen molar-refractivity contribution in [2.24, 2.45) is 0 Å². The van der Waals surface area contributed by atoms with Crippen molar-refractivity contribution in [2.75, 3.05) is 13.1 Å². The first-order valence-electron chi connectivity index (χ1n) is 8.52. The van der Waals surface area contributed by atoms with Gasteiger partial charge in [-0.2, -0.15) is 0 Å². The Bertz CT molecular complexity index is 594. The lowest BCUT2D eigenvalue weighted by Crippen LogP contribution is -2.50. The molecule has 1 atom stereocenters. The van der Waals surface area contributed by atoms with Gasteiger partial charge in [0.15, 0.2) is 0 Å². The quantitative estimate of drug-likeness (QED) is 0.834. The minimum Gasteiger partial charge on any atom is -0.351 e. The molecule has 1 aromatic rings. The van der Waals surface area contributed by atoms with E-state index in [0.717, 1.165) is 19.3 Å². The Labute approximate surface area is 145 Å². The van der Waals surface area contributed by atoms with Crippen LogP contribution in [0.2, 0.25) is 0 Å². The van der Waals surface area contributed by atoms with Crippen molar-refractivity contribution >= 4 is 29.1 Å². The van der Waals surface area contributed by atoms with Crippen LogP contribution in [0.3, 0.4) is 0 Å². The van der Waals surface area contributed by atoms with Crippen LogP contribution < -0.4 is 10.6 Å². The van der Waals surface area contributed by atoms with E-state index in [0.29, 0.717) is 32.4 Å². The molecule has 3 rings (SSSR count). The second-order valence-corrected chi connectivity index (χ2v) is 7.43. The van der Waals surface area contributed by atoms with Gasteiger partial charge in [0.1, 0.15) is 6.04 Å². The molecule has 7 heteroatoms. The van der Waals surface area contributed by atoms with Gasteiger partial charge in [0, 0.05) is 36.9 Å². The predicted molar refractivity (Wildman–Crippen MR) is 91.5 cm³/mol. The number of hydrogen-bond donors (Lipinski definition) is 2. The summed E-state index contributed by atoms with van der Waals surface area (Å²) >= 11 is 1.68. The SMILES string of the molecule is O=C1CCC(C(=O)NC2CCN(C(=O)CCc3cccs3)CC2)N1. The van der Waals surface area contributed by atoms with Gasteiger partial charge in [-0.15, -0.1) is 11.3 Å². The number of aryl methyl sites for hydroxylation is 1. The second kappa shape index (κ2) is 7.79. The molecular weight excluding hydrogens is 326 g/mol. The highest BCUT2D eigenvalue weighted by Crippen LogP contribution is 2.16. The summed E-state index contributed by atoms with van der Waals surface area (Å²) in [4.78, 5) is 38.7. The highest BCUT2D eigenvalue weighted by molar-refractivity contribution is 7.09. The molecule has 2 saturated heterocycles. The van der Waals surface area contributed by atoms with Gasteiger partial charge < -0.3 is 15.5 Å². The minimum atomic E-state index is -0.386. The summed E-state index contributed by atoms with van der Waals surface area (Å²) < 4.78 is 0. The van der Waals surface area contributed by atoms with Crippen LogP contribution in [0.25, 0.3) is 0 Å². The first kappa shape index (κ1) is 17.0. The van der Waals surface area contributed by atoms with Gasteiger partial charge in [0.25, 0.3) is 0 Å². The Balaban J connectivity index is 1.38. The Kier molecular flexibility index (Phi) is 5.50. The number of thiophene rings is 1. The van der Waals surface area contributed by atoms with Gasteiger partial charge in [0.2, 0.25) is 17.7 Å². The molecule has 0 radical (unpaired) electrons. The number of hydrogen-bond acceptors (Lipinski definition) is 4. The van der Waals surface area contributed by atoms with Crippen molar-refractivity contribution in [3.8, 4) is 0 Å². The number of nitrogens with one attached hydrogen (secondary N) is 2. The fraction of sp³-hybridized carbons (Fsp3) is 0.588. The Morgan fingerprint density at radius 3 is 2.71 bits per heavy atom. The summed E-state index contributed by atoms with van der Waals surface area (Å²) in [5, 5.41) is 7.72. The van der Waals surface area contributed by atoms with Crippen LogP contribution in [0.4, 0.5) is 0 Å². The van der Waals surface area contributed by atoms with Crippen molar-refractivity contribution in [1.82, 2.24) is 15.5 Å². The first-order chi connectivity index (χ1) is 11.6. The van der Waals surface area contributed by atoms with E-state index in [1.807, 2.05) is 16.3 Å². The predicted octanol–water partition coefficient (Wildman–Crippen LogP) is 1.07. The van der Waals surface area contributed by atoms with E-state index in [2.05, 4.69) is 16.7 Å². The molecule has 130 valence electrons. The highest BCUT2D eigenvalue weighted by Gasteiger charge is 2.30. The molecule has 2 fully saturated rings. The van der Waals surface area contributed by atoms with Gasteiger partial charge in [-0.05, 0) is 37.1 Å². The van der Waals surface area contributed by atoms with E-state index in [1.54, 1.807) is 11.3 Å². The lowest BCUT2D eigenvalue weighted by Gasteiger charge is -2.33. The van der Waals surface area contributed by atoms with E-state index in [9.17, 15) is 14.4 Å². The summed E-state index contributed by atoms with van der Waals surface area (Å²) in [6.45, 7) is 1.37. The smallest absolute Gasteiger partial charge is 0.242 e.